The summed E-state index contributed by atoms with van der Waals surface area (Å²) in [4.78, 5) is 24.9. The molecule has 156 valence electrons. The molecule has 0 saturated heterocycles. The van der Waals surface area contributed by atoms with E-state index in [2.05, 4.69) is 31.4 Å². The number of para-hydroxylation sites is 1. The summed E-state index contributed by atoms with van der Waals surface area (Å²) < 4.78 is 10.7. The molecule has 6 nitrogen and oxygen atoms in total. The molecular weight excluding hydrogens is 368 g/mol. The lowest BCUT2D eigenvalue weighted by Crippen LogP contribution is -2.32. The summed E-state index contributed by atoms with van der Waals surface area (Å²) in [6, 6.07) is 14.6. The van der Waals surface area contributed by atoms with Gasteiger partial charge in [0.1, 0.15) is 5.75 Å². The van der Waals surface area contributed by atoms with Gasteiger partial charge in [-0.15, -0.1) is 0 Å². The van der Waals surface area contributed by atoms with Gasteiger partial charge in [-0.05, 0) is 42.2 Å². The summed E-state index contributed by atoms with van der Waals surface area (Å²) in [6.07, 6.45) is -0.722. The van der Waals surface area contributed by atoms with Gasteiger partial charge in [-0.2, -0.15) is 0 Å². The first kappa shape index (κ1) is 22.4. The highest BCUT2D eigenvalue weighted by Crippen LogP contribution is 2.25. The quantitative estimate of drug-likeness (QED) is 0.664. The minimum Gasteiger partial charge on any atom is -0.481 e. The molecule has 0 radical (unpaired) electrons. The molecule has 2 N–H and O–H groups in total. The molecule has 0 aliphatic rings. The molecule has 2 rings (SSSR count). The van der Waals surface area contributed by atoms with Gasteiger partial charge in [0, 0.05) is 13.7 Å². The number of hydrogen-bond donors (Lipinski definition) is 2. The minimum atomic E-state index is -0.722. The maximum atomic E-state index is 12.6. The smallest absolute Gasteiger partial charge is 0.265 e. The number of hydrogen-bond acceptors (Lipinski definition) is 4. The van der Waals surface area contributed by atoms with Crippen LogP contribution in [0.4, 0.5) is 5.69 Å². The van der Waals surface area contributed by atoms with E-state index in [1.54, 1.807) is 38.3 Å². The summed E-state index contributed by atoms with van der Waals surface area (Å²) in [5.74, 6) is 0.0116. The van der Waals surface area contributed by atoms with E-state index in [9.17, 15) is 9.59 Å². The third-order valence-corrected chi connectivity index (χ3v) is 4.42. The Morgan fingerprint density at radius 2 is 1.69 bits per heavy atom. The fourth-order valence-corrected chi connectivity index (χ4v) is 2.68. The molecule has 0 spiro atoms. The van der Waals surface area contributed by atoms with Crippen molar-refractivity contribution in [1.29, 1.82) is 0 Å². The van der Waals surface area contributed by atoms with Gasteiger partial charge < -0.3 is 20.1 Å². The van der Waals surface area contributed by atoms with Gasteiger partial charge in [-0.1, -0.05) is 45.0 Å². The van der Waals surface area contributed by atoms with E-state index in [0.717, 1.165) is 0 Å². The van der Waals surface area contributed by atoms with Crippen LogP contribution in [-0.2, 0) is 14.9 Å². The van der Waals surface area contributed by atoms with Gasteiger partial charge in [0.05, 0.1) is 17.9 Å². The average molecular weight is 399 g/mol. The van der Waals surface area contributed by atoms with E-state index < -0.39 is 6.10 Å². The molecular formula is C23H30N2O4. The molecule has 1 atom stereocenters. The number of ether oxygens (including phenoxy) is 2. The van der Waals surface area contributed by atoms with E-state index in [1.807, 2.05) is 24.3 Å². The number of carbonyl (C=O) groups is 2. The van der Waals surface area contributed by atoms with Gasteiger partial charge in [-0.3, -0.25) is 9.59 Å². The van der Waals surface area contributed by atoms with Crippen molar-refractivity contribution in [3.05, 3.63) is 59.7 Å². The predicted molar refractivity (Wildman–Crippen MR) is 115 cm³/mol. The first-order chi connectivity index (χ1) is 13.7. The monoisotopic (exact) mass is 398 g/mol. The highest BCUT2D eigenvalue weighted by Gasteiger charge is 2.19. The molecule has 2 aromatic rings. The number of anilines is 1. The van der Waals surface area contributed by atoms with E-state index in [0.29, 0.717) is 30.2 Å². The molecule has 0 bridgehead atoms. The lowest BCUT2D eigenvalue weighted by atomic mass is 9.87. The van der Waals surface area contributed by atoms with Crippen LogP contribution >= 0.6 is 0 Å². The SMILES string of the molecule is COCCNC(=O)c1ccccc1NC(=O)[C@@H](C)Oc1ccc(C(C)(C)C)cc1. The van der Waals surface area contributed by atoms with Crippen molar-refractivity contribution in [1.82, 2.24) is 5.32 Å². The number of benzene rings is 2. The maximum absolute atomic E-state index is 12.6. The zero-order valence-electron chi connectivity index (χ0n) is 17.7. The van der Waals surface area contributed by atoms with Gasteiger partial charge in [0.25, 0.3) is 11.8 Å². The van der Waals surface area contributed by atoms with Gasteiger partial charge in [0.15, 0.2) is 6.10 Å². The van der Waals surface area contributed by atoms with Crippen molar-refractivity contribution in [2.75, 3.05) is 25.6 Å². The second-order valence-corrected chi connectivity index (χ2v) is 7.82. The van der Waals surface area contributed by atoms with E-state index >= 15 is 0 Å². The van der Waals surface area contributed by atoms with Crippen molar-refractivity contribution in [2.45, 2.75) is 39.2 Å². The Labute approximate surface area is 172 Å². The Kier molecular flexibility index (Phi) is 7.79. The number of carbonyl (C=O) groups excluding carboxylic acids is 2. The van der Waals surface area contributed by atoms with Crippen LogP contribution in [0.1, 0.15) is 43.6 Å². The van der Waals surface area contributed by atoms with Gasteiger partial charge in [-0.25, -0.2) is 0 Å². The Bertz CT molecular complexity index is 826. The van der Waals surface area contributed by atoms with Crippen LogP contribution in [0.5, 0.6) is 5.75 Å². The van der Waals surface area contributed by atoms with E-state index in [-0.39, 0.29) is 17.2 Å². The fourth-order valence-electron chi connectivity index (χ4n) is 2.68. The molecule has 0 aromatic heterocycles. The fraction of sp³-hybridized carbons (Fsp3) is 0.391. The number of rotatable bonds is 8. The molecule has 0 aliphatic carbocycles. The van der Waals surface area contributed by atoms with Gasteiger partial charge >= 0.3 is 0 Å². The Balaban J connectivity index is 2.02. The summed E-state index contributed by atoms with van der Waals surface area (Å²) in [5.41, 5.74) is 2.06. The average Bonchev–Trinajstić information content (AvgIpc) is 2.68. The lowest BCUT2D eigenvalue weighted by molar-refractivity contribution is -0.122. The number of methoxy groups -OCH3 is 1. The molecule has 0 unspecified atom stereocenters. The Morgan fingerprint density at radius 3 is 2.31 bits per heavy atom. The zero-order valence-corrected chi connectivity index (χ0v) is 17.7. The molecule has 2 amide bonds. The highest BCUT2D eigenvalue weighted by atomic mass is 16.5. The minimum absolute atomic E-state index is 0.0507. The van der Waals surface area contributed by atoms with Crippen molar-refractivity contribution in [3.8, 4) is 5.75 Å². The van der Waals surface area contributed by atoms with E-state index in [1.165, 1.54) is 5.56 Å². The highest BCUT2D eigenvalue weighted by molar-refractivity contribution is 6.04. The van der Waals surface area contributed by atoms with Crippen LogP contribution in [0, 0.1) is 0 Å². The third-order valence-electron chi connectivity index (χ3n) is 4.42. The van der Waals surface area contributed by atoms with Crippen molar-refractivity contribution in [2.24, 2.45) is 0 Å². The normalized spacial score (nSPS) is 12.2. The first-order valence-corrected chi connectivity index (χ1v) is 9.66. The molecule has 0 aliphatic heterocycles. The van der Waals surface area contributed by atoms with Crippen LogP contribution in [-0.4, -0.2) is 38.2 Å². The van der Waals surface area contributed by atoms with E-state index in [4.69, 9.17) is 9.47 Å². The van der Waals surface area contributed by atoms with Gasteiger partial charge in [0.2, 0.25) is 0 Å². The molecule has 0 saturated carbocycles. The topological polar surface area (TPSA) is 76.7 Å². The third kappa shape index (κ3) is 6.61. The standard InChI is InChI=1S/C23H30N2O4/c1-16(29-18-12-10-17(11-13-18)23(2,3)4)21(26)25-20-9-7-6-8-19(20)22(27)24-14-15-28-5/h6-13,16H,14-15H2,1-5H3,(H,24,27)(H,25,26)/t16-/m1/s1. The maximum Gasteiger partial charge on any atom is 0.265 e. The number of amides is 2. The molecule has 0 fully saturated rings. The molecule has 2 aromatic carbocycles. The van der Waals surface area contributed by atoms with Crippen molar-refractivity contribution < 1.29 is 19.1 Å². The summed E-state index contributed by atoms with van der Waals surface area (Å²) in [5, 5.41) is 5.53. The molecule has 29 heavy (non-hydrogen) atoms. The van der Waals surface area contributed by atoms with Crippen LogP contribution in [0.2, 0.25) is 0 Å². The second kappa shape index (κ2) is 10.1. The lowest BCUT2D eigenvalue weighted by Gasteiger charge is -2.20. The summed E-state index contributed by atoms with van der Waals surface area (Å²) >= 11 is 0. The summed E-state index contributed by atoms with van der Waals surface area (Å²) in [7, 11) is 1.57. The largest absolute Gasteiger partial charge is 0.481 e. The summed E-state index contributed by atoms with van der Waals surface area (Å²) in [6.45, 7) is 8.90. The van der Waals surface area contributed by atoms with Crippen molar-refractivity contribution >= 4 is 17.5 Å². The Morgan fingerprint density at radius 1 is 1.03 bits per heavy atom. The first-order valence-electron chi connectivity index (χ1n) is 9.66. The predicted octanol–water partition coefficient (Wildman–Crippen LogP) is 3.77. The zero-order chi connectivity index (χ0) is 21.4. The van der Waals surface area contributed by atoms with Crippen molar-refractivity contribution in [3.63, 3.8) is 0 Å². The molecule has 6 heteroatoms. The Hall–Kier alpha value is -2.86. The van der Waals surface area contributed by atoms with Crippen LogP contribution in [0.25, 0.3) is 0 Å². The number of nitrogens with one attached hydrogen (secondary N) is 2. The van der Waals surface area contributed by atoms with Crippen LogP contribution in [0.3, 0.4) is 0 Å². The molecule has 0 heterocycles. The second-order valence-electron chi connectivity index (χ2n) is 7.82. The van der Waals surface area contributed by atoms with Crippen LogP contribution in [0.15, 0.2) is 48.5 Å². The van der Waals surface area contributed by atoms with Crippen LogP contribution < -0.4 is 15.4 Å².